The molecule has 0 aliphatic carbocycles. The van der Waals surface area contributed by atoms with Crippen LogP contribution in [0.4, 0.5) is 0 Å². The zero-order valence-corrected chi connectivity index (χ0v) is 10.6. The summed E-state index contributed by atoms with van der Waals surface area (Å²) in [6.45, 7) is 0.935. The van der Waals surface area contributed by atoms with Gasteiger partial charge in [-0.1, -0.05) is 0 Å². The van der Waals surface area contributed by atoms with Gasteiger partial charge in [0.2, 0.25) is 0 Å². The lowest BCUT2D eigenvalue weighted by Crippen LogP contribution is -2.43. The minimum atomic E-state index is -1.14. The van der Waals surface area contributed by atoms with Gasteiger partial charge in [-0.25, -0.2) is 4.90 Å². The molecule has 19 heavy (non-hydrogen) atoms. The highest BCUT2D eigenvalue weighted by molar-refractivity contribution is 5.72. The van der Waals surface area contributed by atoms with Gasteiger partial charge in [-0.3, -0.25) is 19.3 Å². The summed E-state index contributed by atoms with van der Waals surface area (Å²) < 4.78 is 4.49. The fourth-order valence-electron chi connectivity index (χ4n) is 1.35. The smallest absolute Gasteiger partial charge is 0.317 e. The van der Waals surface area contributed by atoms with Crippen LogP contribution in [0.1, 0.15) is 6.92 Å². The Morgan fingerprint density at radius 2 is 1.74 bits per heavy atom. The van der Waals surface area contributed by atoms with E-state index in [1.165, 1.54) is 16.7 Å². The summed E-state index contributed by atoms with van der Waals surface area (Å²) in [5.41, 5.74) is 0. The number of carbonyl (C=O) groups is 3. The molecule has 0 aliphatic heterocycles. The summed E-state index contributed by atoms with van der Waals surface area (Å²) in [6, 6.07) is 0. The number of carboxylic acid groups (broad SMARTS) is 2. The second kappa shape index (κ2) is 9.25. The fourth-order valence-corrected chi connectivity index (χ4v) is 1.35. The van der Waals surface area contributed by atoms with E-state index in [9.17, 15) is 19.5 Å². The molecular weight excluding hydrogens is 260 g/mol. The van der Waals surface area contributed by atoms with Crippen LogP contribution in [-0.2, 0) is 19.1 Å². The monoisotopic (exact) mass is 278 g/mol. The molecule has 9 heteroatoms. The molecule has 0 spiro atoms. The van der Waals surface area contributed by atoms with Gasteiger partial charge >= 0.3 is 11.9 Å². The molecule has 0 amide bonds. The maximum atomic E-state index is 10.6. The number of hydrogen-bond donors (Lipinski definition) is 3. The maximum absolute atomic E-state index is 10.6. The molecule has 0 aromatic carbocycles. The van der Waals surface area contributed by atoms with Crippen LogP contribution < -0.4 is 0 Å². The molecule has 9 nitrogen and oxygen atoms in total. The van der Waals surface area contributed by atoms with Crippen LogP contribution in [0.2, 0.25) is 0 Å². The lowest BCUT2D eigenvalue weighted by Gasteiger charge is -2.26. The van der Waals surface area contributed by atoms with Gasteiger partial charge in [0.05, 0.1) is 13.1 Å². The van der Waals surface area contributed by atoms with Crippen LogP contribution in [0, 0.1) is 0 Å². The zero-order chi connectivity index (χ0) is 14.8. The molecule has 1 unspecified atom stereocenters. The number of aliphatic hydroxyl groups is 1. The Morgan fingerprint density at radius 1 is 1.21 bits per heavy atom. The predicted octanol–water partition coefficient (Wildman–Crippen LogP) is -1.77. The first-order chi connectivity index (χ1) is 8.86. The molecule has 110 valence electrons. The molecule has 3 N–H and O–H groups in total. The molecule has 0 saturated carbocycles. The van der Waals surface area contributed by atoms with E-state index >= 15 is 0 Å². The molecule has 0 bridgehead atoms. The van der Waals surface area contributed by atoms with Crippen LogP contribution in [-0.4, -0.2) is 82.7 Å². The van der Waals surface area contributed by atoms with Crippen molar-refractivity contribution in [1.29, 1.82) is 0 Å². The minimum Gasteiger partial charge on any atom is -0.480 e. The predicted molar refractivity (Wildman–Crippen MR) is 62.1 cm³/mol. The second-order valence-electron chi connectivity index (χ2n) is 3.83. The van der Waals surface area contributed by atoms with Crippen LogP contribution in [0.5, 0.6) is 0 Å². The zero-order valence-electron chi connectivity index (χ0n) is 10.6. The first-order valence-electron chi connectivity index (χ1n) is 5.50. The molecule has 1 atom stereocenters. The van der Waals surface area contributed by atoms with Crippen LogP contribution >= 0.6 is 0 Å². The van der Waals surface area contributed by atoms with E-state index in [1.54, 1.807) is 0 Å². The van der Waals surface area contributed by atoms with Gasteiger partial charge in [0.25, 0.3) is 6.47 Å². The number of nitrogens with zero attached hydrogens (tertiary/aromatic N) is 2. The van der Waals surface area contributed by atoms with E-state index in [1.807, 2.05) is 0 Å². The molecule has 0 saturated heterocycles. The Morgan fingerprint density at radius 3 is 2.11 bits per heavy atom. The van der Waals surface area contributed by atoms with Crippen molar-refractivity contribution in [1.82, 2.24) is 9.80 Å². The first-order valence-corrected chi connectivity index (χ1v) is 5.50. The topological polar surface area (TPSA) is 128 Å². The molecule has 0 fully saturated rings. The summed E-state index contributed by atoms with van der Waals surface area (Å²) >= 11 is 0. The quantitative estimate of drug-likeness (QED) is 0.297. The van der Waals surface area contributed by atoms with E-state index in [2.05, 4.69) is 4.74 Å². The molecule has 0 aliphatic rings. The third kappa shape index (κ3) is 8.94. The number of carbonyl (C=O) groups excluding carboxylic acids is 1. The number of ether oxygens (including phenoxy) is 1. The van der Waals surface area contributed by atoms with Crippen molar-refractivity contribution in [2.75, 3.05) is 32.9 Å². The number of aliphatic carboxylic acids is 2. The van der Waals surface area contributed by atoms with Gasteiger partial charge in [0.15, 0.2) is 0 Å². The summed E-state index contributed by atoms with van der Waals surface area (Å²) in [6.07, 6.45) is -0.906. The summed E-state index contributed by atoms with van der Waals surface area (Å²) in [5, 5.41) is 26.7. The van der Waals surface area contributed by atoms with Gasteiger partial charge in [0.1, 0.15) is 13.0 Å². The Hall–Kier alpha value is -1.71. The number of aliphatic hydroxyl groups excluding tert-OH is 1. The normalized spacial score (nSPS) is 12.4. The van der Waals surface area contributed by atoms with E-state index in [-0.39, 0.29) is 26.3 Å². The average Bonchev–Trinajstić information content (AvgIpc) is 2.26. The van der Waals surface area contributed by atoms with Crippen LogP contribution in [0.3, 0.4) is 0 Å². The third-order valence-corrected chi connectivity index (χ3v) is 2.26. The molecule has 0 aromatic rings. The highest BCUT2D eigenvalue weighted by Gasteiger charge is 2.17. The number of rotatable bonds is 11. The molecule has 0 aromatic heterocycles. The lowest BCUT2D eigenvalue weighted by atomic mass is 10.4. The summed E-state index contributed by atoms with van der Waals surface area (Å²) in [4.78, 5) is 33.8. The van der Waals surface area contributed by atoms with Crippen molar-refractivity contribution in [3.05, 3.63) is 0 Å². The Kier molecular flexibility index (Phi) is 8.42. The molecular formula is C10H18N2O7. The van der Waals surface area contributed by atoms with E-state index in [0.717, 1.165) is 0 Å². The van der Waals surface area contributed by atoms with E-state index < -0.39 is 31.3 Å². The van der Waals surface area contributed by atoms with Crippen molar-refractivity contribution in [2.24, 2.45) is 0 Å². The SMILES string of the molecule is CC(O)N(CCN(CC(=O)O)CC(=O)O)COC=O. The minimum absolute atomic E-state index is 0.103. The summed E-state index contributed by atoms with van der Waals surface area (Å²) in [5.74, 6) is -2.29. The Balaban J connectivity index is 4.34. The Bertz CT molecular complexity index is 292. The second-order valence-corrected chi connectivity index (χ2v) is 3.83. The van der Waals surface area contributed by atoms with Crippen molar-refractivity contribution < 1.29 is 34.4 Å². The Labute approximate surface area is 110 Å². The first kappa shape index (κ1) is 17.3. The van der Waals surface area contributed by atoms with Gasteiger partial charge in [0, 0.05) is 13.1 Å². The fraction of sp³-hybridized carbons (Fsp3) is 0.700. The number of hydrogen-bond acceptors (Lipinski definition) is 7. The van der Waals surface area contributed by atoms with Crippen molar-refractivity contribution in [2.45, 2.75) is 13.2 Å². The van der Waals surface area contributed by atoms with Crippen molar-refractivity contribution in [3.63, 3.8) is 0 Å². The number of carboxylic acids is 2. The highest BCUT2D eigenvalue weighted by Crippen LogP contribution is 1.97. The van der Waals surface area contributed by atoms with Crippen LogP contribution in [0.25, 0.3) is 0 Å². The molecule has 0 heterocycles. The highest BCUT2D eigenvalue weighted by atomic mass is 16.5. The van der Waals surface area contributed by atoms with E-state index in [4.69, 9.17) is 10.2 Å². The standard InChI is InChI=1S/C10H18N2O7/c1-8(14)12(6-19-7-13)3-2-11(4-9(15)16)5-10(17)18/h7-8,14H,2-6H2,1H3,(H,15,16)(H,17,18). The molecule has 0 rings (SSSR count). The van der Waals surface area contributed by atoms with Gasteiger partial charge in [-0.15, -0.1) is 0 Å². The van der Waals surface area contributed by atoms with Gasteiger partial charge in [-0.2, -0.15) is 0 Å². The third-order valence-electron chi connectivity index (χ3n) is 2.26. The molecule has 0 radical (unpaired) electrons. The largest absolute Gasteiger partial charge is 0.480 e. The maximum Gasteiger partial charge on any atom is 0.317 e. The van der Waals surface area contributed by atoms with Crippen molar-refractivity contribution >= 4 is 18.4 Å². The summed E-state index contributed by atoms with van der Waals surface area (Å²) in [7, 11) is 0. The van der Waals surface area contributed by atoms with Gasteiger partial charge < -0.3 is 20.1 Å². The lowest BCUT2D eigenvalue weighted by molar-refractivity contribution is -0.142. The van der Waals surface area contributed by atoms with Gasteiger partial charge in [-0.05, 0) is 6.92 Å². The van der Waals surface area contributed by atoms with Crippen LogP contribution in [0.15, 0.2) is 0 Å². The average molecular weight is 278 g/mol. The van der Waals surface area contributed by atoms with Crippen molar-refractivity contribution in [3.8, 4) is 0 Å². The van der Waals surface area contributed by atoms with E-state index in [0.29, 0.717) is 0 Å².